The molecule has 3 heterocycles. The Morgan fingerprint density at radius 3 is 2.77 bits per heavy atom. The van der Waals surface area contributed by atoms with Crippen LogP contribution in [0.25, 0.3) is 22.1 Å². The fraction of sp³-hybridized carbons (Fsp3) is 0.478. The van der Waals surface area contributed by atoms with Crippen molar-refractivity contribution in [3.8, 4) is 22.1 Å². The number of carbonyl (C=O) groups excluding carboxylic acids is 1. The van der Waals surface area contributed by atoms with Crippen LogP contribution in [0.3, 0.4) is 0 Å². The normalized spacial score (nSPS) is 15.8. The van der Waals surface area contributed by atoms with E-state index in [-0.39, 0.29) is 11.9 Å². The van der Waals surface area contributed by atoms with E-state index in [0.717, 1.165) is 52.6 Å². The summed E-state index contributed by atoms with van der Waals surface area (Å²) in [6.45, 7) is 6.19. The standard InChI is InChI=1S/C23H29N5OS/c1-4-15(2)26-22(29)18-12-21(28(16(18)3)17-8-6-5-7-9-17)20-14-30-23(27-20)19-13-24-10-11-25-19/h10-15,17H,4-9H2,1-3H3,(H,26,29). The van der Waals surface area contributed by atoms with Gasteiger partial charge in [-0.3, -0.25) is 14.8 Å². The van der Waals surface area contributed by atoms with Crippen molar-refractivity contribution in [2.75, 3.05) is 0 Å². The molecule has 3 aromatic heterocycles. The van der Waals surface area contributed by atoms with Gasteiger partial charge in [0.2, 0.25) is 0 Å². The Morgan fingerprint density at radius 1 is 1.27 bits per heavy atom. The first-order chi connectivity index (χ1) is 14.6. The van der Waals surface area contributed by atoms with Crippen LogP contribution in [0.5, 0.6) is 0 Å². The third-order valence-electron chi connectivity index (χ3n) is 6.01. The number of hydrogen-bond donors (Lipinski definition) is 1. The lowest BCUT2D eigenvalue weighted by atomic mass is 9.95. The van der Waals surface area contributed by atoms with E-state index >= 15 is 0 Å². The number of hydrogen-bond acceptors (Lipinski definition) is 5. The highest BCUT2D eigenvalue weighted by atomic mass is 32.1. The molecule has 0 radical (unpaired) electrons. The molecule has 0 saturated heterocycles. The van der Waals surface area contributed by atoms with Crippen LogP contribution in [-0.4, -0.2) is 31.5 Å². The molecule has 1 atom stereocenters. The van der Waals surface area contributed by atoms with E-state index in [1.807, 2.05) is 13.0 Å². The number of nitrogens with one attached hydrogen (secondary N) is 1. The van der Waals surface area contributed by atoms with Crippen LogP contribution in [0.15, 0.2) is 30.0 Å². The third kappa shape index (κ3) is 4.17. The molecule has 1 unspecified atom stereocenters. The van der Waals surface area contributed by atoms with Gasteiger partial charge in [-0.05, 0) is 39.2 Å². The molecule has 1 aliphatic rings. The first-order valence-corrected chi connectivity index (χ1v) is 11.7. The molecule has 1 amide bonds. The summed E-state index contributed by atoms with van der Waals surface area (Å²) in [6, 6.07) is 2.60. The van der Waals surface area contributed by atoms with Crippen molar-refractivity contribution in [2.24, 2.45) is 0 Å². The van der Waals surface area contributed by atoms with Crippen LogP contribution in [0, 0.1) is 6.92 Å². The molecule has 6 nitrogen and oxygen atoms in total. The van der Waals surface area contributed by atoms with Crippen molar-refractivity contribution in [1.29, 1.82) is 0 Å². The van der Waals surface area contributed by atoms with Crippen molar-refractivity contribution in [2.45, 2.75) is 71.4 Å². The summed E-state index contributed by atoms with van der Waals surface area (Å²) in [7, 11) is 0. The van der Waals surface area contributed by atoms with Crippen LogP contribution in [0.4, 0.5) is 0 Å². The topological polar surface area (TPSA) is 72.7 Å². The van der Waals surface area contributed by atoms with Crippen molar-refractivity contribution < 1.29 is 4.79 Å². The summed E-state index contributed by atoms with van der Waals surface area (Å²) in [6.07, 6.45) is 12.1. The molecule has 1 saturated carbocycles. The second-order valence-corrected chi connectivity index (χ2v) is 8.96. The minimum Gasteiger partial charge on any atom is -0.350 e. The first kappa shape index (κ1) is 20.7. The molecule has 0 bridgehead atoms. The maximum absolute atomic E-state index is 13.0. The Kier molecular flexibility index (Phi) is 6.27. The van der Waals surface area contributed by atoms with E-state index < -0.39 is 0 Å². The van der Waals surface area contributed by atoms with E-state index in [9.17, 15) is 4.79 Å². The number of aromatic nitrogens is 4. The molecule has 0 spiro atoms. The summed E-state index contributed by atoms with van der Waals surface area (Å²) in [5.74, 6) is 0.00189. The van der Waals surface area contributed by atoms with E-state index in [2.05, 4.69) is 39.1 Å². The van der Waals surface area contributed by atoms with Gasteiger partial charge < -0.3 is 9.88 Å². The number of nitrogens with zero attached hydrogens (tertiary/aromatic N) is 4. The van der Waals surface area contributed by atoms with E-state index in [1.54, 1.807) is 29.9 Å². The zero-order valence-corrected chi connectivity index (χ0v) is 18.7. The number of rotatable bonds is 6. The van der Waals surface area contributed by atoms with Crippen molar-refractivity contribution in [3.05, 3.63) is 41.3 Å². The zero-order valence-electron chi connectivity index (χ0n) is 17.9. The minimum absolute atomic E-state index is 0.00189. The summed E-state index contributed by atoms with van der Waals surface area (Å²) in [5.41, 5.74) is 4.49. The van der Waals surface area contributed by atoms with Crippen molar-refractivity contribution in [1.82, 2.24) is 24.8 Å². The highest BCUT2D eigenvalue weighted by molar-refractivity contribution is 7.13. The largest absolute Gasteiger partial charge is 0.350 e. The molecule has 1 aliphatic carbocycles. The number of carbonyl (C=O) groups is 1. The van der Waals surface area contributed by atoms with Crippen LogP contribution in [-0.2, 0) is 0 Å². The highest BCUT2D eigenvalue weighted by Crippen LogP contribution is 2.37. The lowest BCUT2D eigenvalue weighted by Crippen LogP contribution is -2.32. The Balaban J connectivity index is 1.75. The third-order valence-corrected chi connectivity index (χ3v) is 6.88. The SMILES string of the molecule is CCC(C)NC(=O)c1cc(-c2csc(-c3cnccn3)n2)n(C2CCCCC2)c1C. The van der Waals surface area contributed by atoms with Gasteiger partial charge in [-0.1, -0.05) is 26.2 Å². The molecule has 3 aromatic rings. The maximum atomic E-state index is 13.0. The fourth-order valence-corrected chi connectivity index (χ4v) is 4.95. The minimum atomic E-state index is 0.00189. The van der Waals surface area contributed by atoms with Crippen molar-refractivity contribution >= 4 is 17.2 Å². The molecule has 0 aromatic carbocycles. The van der Waals surface area contributed by atoms with E-state index in [1.165, 1.54) is 19.3 Å². The quantitative estimate of drug-likeness (QED) is 0.575. The Bertz CT molecular complexity index is 1000. The van der Waals surface area contributed by atoms with Gasteiger partial charge in [0, 0.05) is 35.6 Å². The summed E-state index contributed by atoms with van der Waals surface area (Å²) < 4.78 is 2.36. The molecule has 30 heavy (non-hydrogen) atoms. The fourth-order valence-electron chi connectivity index (χ4n) is 4.18. The molecule has 7 heteroatoms. The van der Waals surface area contributed by atoms with Crippen LogP contribution < -0.4 is 5.32 Å². The summed E-state index contributed by atoms with van der Waals surface area (Å²) in [5, 5.41) is 6.03. The van der Waals surface area contributed by atoms with Gasteiger partial charge in [0.1, 0.15) is 10.7 Å². The van der Waals surface area contributed by atoms with Gasteiger partial charge in [-0.25, -0.2) is 4.98 Å². The van der Waals surface area contributed by atoms with E-state index in [0.29, 0.717) is 6.04 Å². The number of amides is 1. The zero-order chi connectivity index (χ0) is 21.1. The first-order valence-electron chi connectivity index (χ1n) is 10.8. The average Bonchev–Trinajstić information content (AvgIpc) is 3.39. The van der Waals surface area contributed by atoms with Gasteiger partial charge in [-0.2, -0.15) is 0 Å². The molecule has 4 rings (SSSR count). The Labute approximate surface area is 181 Å². The predicted octanol–water partition coefficient (Wildman–Crippen LogP) is 5.41. The van der Waals surface area contributed by atoms with Crippen LogP contribution in [0.1, 0.15) is 74.5 Å². The molecule has 0 aliphatic heterocycles. The monoisotopic (exact) mass is 423 g/mol. The maximum Gasteiger partial charge on any atom is 0.253 e. The van der Waals surface area contributed by atoms with Crippen LogP contribution >= 0.6 is 11.3 Å². The van der Waals surface area contributed by atoms with E-state index in [4.69, 9.17) is 4.98 Å². The van der Waals surface area contributed by atoms with Gasteiger partial charge >= 0.3 is 0 Å². The lowest BCUT2D eigenvalue weighted by molar-refractivity contribution is 0.0938. The second kappa shape index (κ2) is 9.08. The lowest BCUT2D eigenvalue weighted by Gasteiger charge is -2.27. The highest BCUT2D eigenvalue weighted by Gasteiger charge is 2.26. The summed E-state index contributed by atoms with van der Waals surface area (Å²) in [4.78, 5) is 26.4. The Morgan fingerprint density at radius 2 is 2.07 bits per heavy atom. The van der Waals surface area contributed by atoms with Crippen LogP contribution in [0.2, 0.25) is 0 Å². The smallest absolute Gasteiger partial charge is 0.253 e. The van der Waals surface area contributed by atoms with Gasteiger partial charge in [-0.15, -0.1) is 11.3 Å². The molecular formula is C23H29N5OS. The molecular weight excluding hydrogens is 394 g/mol. The summed E-state index contributed by atoms with van der Waals surface area (Å²) >= 11 is 1.56. The second-order valence-electron chi connectivity index (χ2n) is 8.10. The van der Waals surface area contributed by atoms with Gasteiger partial charge in [0.15, 0.2) is 0 Å². The Hall–Kier alpha value is -2.54. The molecule has 1 N–H and O–H groups in total. The van der Waals surface area contributed by atoms with Crippen molar-refractivity contribution in [3.63, 3.8) is 0 Å². The van der Waals surface area contributed by atoms with Gasteiger partial charge in [0.25, 0.3) is 5.91 Å². The van der Waals surface area contributed by atoms with Gasteiger partial charge in [0.05, 0.1) is 23.1 Å². The average molecular weight is 424 g/mol. The molecule has 158 valence electrons. The number of thiazole rings is 1. The predicted molar refractivity (Wildman–Crippen MR) is 121 cm³/mol. The molecule has 1 fully saturated rings.